The largest absolute Gasteiger partial charge is 0.392 e. The van der Waals surface area contributed by atoms with Crippen molar-refractivity contribution in [3.05, 3.63) is 6.92 Å². The molecule has 0 saturated carbocycles. The number of aliphatic hydroxyl groups is 1. The lowest BCUT2D eigenvalue weighted by Crippen LogP contribution is -2.28. The average molecular weight is 116 g/mol. The van der Waals surface area contributed by atoms with Crippen molar-refractivity contribution in [2.24, 2.45) is 0 Å². The molecule has 3 nitrogen and oxygen atoms in total. The first kappa shape index (κ1) is 7.43. The molecule has 2 N–H and O–H groups in total. The van der Waals surface area contributed by atoms with Crippen molar-refractivity contribution >= 4 is 5.91 Å². The zero-order valence-corrected chi connectivity index (χ0v) is 4.85. The molecule has 0 fully saturated rings. The molecule has 1 unspecified atom stereocenters. The summed E-state index contributed by atoms with van der Waals surface area (Å²) < 4.78 is 0. The molecule has 0 aromatic rings. The van der Waals surface area contributed by atoms with Gasteiger partial charge in [0.25, 0.3) is 0 Å². The third kappa shape index (κ3) is 5.43. The normalized spacial score (nSPS) is 12.9. The van der Waals surface area contributed by atoms with Crippen LogP contribution < -0.4 is 5.32 Å². The first-order valence-corrected chi connectivity index (χ1v) is 2.41. The van der Waals surface area contributed by atoms with E-state index in [1.807, 2.05) is 0 Å². The molecular formula is C5H10NO2. The van der Waals surface area contributed by atoms with Gasteiger partial charge in [0.1, 0.15) is 0 Å². The van der Waals surface area contributed by atoms with E-state index in [-0.39, 0.29) is 12.5 Å². The fourth-order valence-corrected chi connectivity index (χ4v) is 0.262. The fraction of sp³-hybridized carbons (Fsp3) is 0.600. The molecule has 0 aliphatic heterocycles. The Bertz CT molecular complexity index is 80.5. The van der Waals surface area contributed by atoms with E-state index in [0.717, 1.165) is 0 Å². The molecule has 0 aliphatic rings. The van der Waals surface area contributed by atoms with Gasteiger partial charge in [0.05, 0.1) is 6.10 Å². The molecule has 47 valence electrons. The van der Waals surface area contributed by atoms with Crippen LogP contribution in [0.25, 0.3) is 0 Å². The van der Waals surface area contributed by atoms with Gasteiger partial charge in [-0.25, -0.2) is 0 Å². The second kappa shape index (κ2) is 3.43. The van der Waals surface area contributed by atoms with E-state index in [1.54, 1.807) is 6.92 Å². The minimum Gasteiger partial charge on any atom is -0.392 e. The molecule has 0 spiro atoms. The van der Waals surface area contributed by atoms with Crippen LogP contribution in [0.4, 0.5) is 0 Å². The Morgan fingerprint density at radius 3 is 2.62 bits per heavy atom. The van der Waals surface area contributed by atoms with Gasteiger partial charge in [-0.2, -0.15) is 0 Å². The Kier molecular flexibility index (Phi) is 3.19. The first-order chi connectivity index (χ1) is 3.63. The molecule has 0 aromatic heterocycles. The number of nitrogens with one attached hydrogen (secondary N) is 1. The van der Waals surface area contributed by atoms with Crippen molar-refractivity contribution in [2.45, 2.75) is 13.0 Å². The lowest BCUT2D eigenvalue weighted by atomic mass is 10.4. The summed E-state index contributed by atoms with van der Waals surface area (Å²) in [6.07, 6.45) is -0.485. The van der Waals surface area contributed by atoms with Gasteiger partial charge in [-0.15, -0.1) is 0 Å². The van der Waals surface area contributed by atoms with Gasteiger partial charge in [-0.05, 0) is 6.92 Å². The van der Waals surface area contributed by atoms with Crippen molar-refractivity contribution in [1.29, 1.82) is 0 Å². The van der Waals surface area contributed by atoms with Crippen molar-refractivity contribution in [2.75, 3.05) is 6.54 Å². The summed E-state index contributed by atoms with van der Waals surface area (Å²) in [7, 11) is 0. The van der Waals surface area contributed by atoms with E-state index in [4.69, 9.17) is 5.11 Å². The fourth-order valence-electron chi connectivity index (χ4n) is 0.262. The molecule has 0 aromatic carbocycles. The first-order valence-electron chi connectivity index (χ1n) is 2.41. The van der Waals surface area contributed by atoms with Crippen molar-refractivity contribution < 1.29 is 9.90 Å². The summed E-state index contributed by atoms with van der Waals surface area (Å²) in [5, 5.41) is 10.9. The van der Waals surface area contributed by atoms with E-state index in [9.17, 15) is 4.79 Å². The highest BCUT2D eigenvalue weighted by atomic mass is 16.3. The van der Waals surface area contributed by atoms with Crippen molar-refractivity contribution in [3.8, 4) is 0 Å². The highest BCUT2D eigenvalue weighted by Gasteiger charge is 1.94. The molecule has 0 saturated heterocycles. The highest BCUT2D eigenvalue weighted by molar-refractivity contribution is 5.79. The van der Waals surface area contributed by atoms with Gasteiger partial charge in [0, 0.05) is 13.5 Å². The number of carbonyl (C=O) groups is 1. The predicted molar refractivity (Wildman–Crippen MR) is 30.0 cm³/mol. The van der Waals surface area contributed by atoms with Crippen LogP contribution in [0.2, 0.25) is 0 Å². The number of amides is 1. The van der Waals surface area contributed by atoms with Crippen LogP contribution in [0.5, 0.6) is 0 Å². The zero-order valence-electron chi connectivity index (χ0n) is 4.85. The maximum absolute atomic E-state index is 10.0. The molecule has 0 aliphatic carbocycles. The summed E-state index contributed by atoms with van der Waals surface area (Å²) in [6.45, 7) is 4.92. The standard InChI is InChI=1S/C5H10NO2/c1-4(7)3-6-5(2)8/h4,7H,2-3H2,1H3,(H,6,8). The van der Waals surface area contributed by atoms with E-state index >= 15 is 0 Å². The summed E-state index contributed by atoms with van der Waals surface area (Å²) in [5.74, 6) is -0.356. The maximum Gasteiger partial charge on any atom is 0.220 e. The molecule has 1 atom stereocenters. The summed E-state index contributed by atoms with van der Waals surface area (Å²) in [6, 6.07) is 0. The smallest absolute Gasteiger partial charge is 0.220 e. The average Bonchev–Trinajstić information content (AvgIpc) is 1.61. The van der Waals surface area contributed by atoms with Gasteiger partial charge < -0.3 is 10.4 Å². The minimum absolute atomic E-state index is 0.280. The van der Waals surface area contributed by atoms with Crippen LogP contribution in [0.3, 0.4) is 0 Å². The highest BCUT2D eigenvalue weighted by Crippen LogP contribution is 1.72. The lowest BCUT2D eigenvalue weighted by Gasteiger charge is -2.02. The Morgan fingerprint density at radius 2 is 2.50 bits per heavy atom. The van der Waals surface area contributed by atoms with Crippen LogP contribution in [-0.4, -0.2) is 23.7 Å². The lowest BCUT2D eigenvalue weighted by molar-refractivity contribution is -0.117. The second-order valence-corrected chi connectivity index (χ2v) is 1.65. The SMILES string of the molecule is [CH2]C(=O)NCC(C)O. The number of hydrogen-bond donors (Lipinski definition) is 2. The Labute approximate surface area is 48.7 Å². The monoisotopic (exact) mass is 116 g/mol. The van der Waals surface area contributed by atoms with Crippen molar-refractivity contribution in [3.63, 3.8) is 0 Å². The Balaban J connectivity index is 3.05. The second-order valence-electron chi connectivity index (χ2n) is 1.65. The summed E-state index contributed by atoms with van der Waals surface area (Å²) in [5.41, 5.74) is 0. The van der Waals surface area contributed by atoms with Crippen LogP contribution in [0.15, 0.2) is 0 Å². The van der Waals surface area contributed by atoms with Crippen molar-refractivity contribution in [1.82, 2.24) is 5.32 Å². The number of aliphatic hydroxyl groups excluding tert-OH is 1. The van der Waals surface area contributed by atoms with Crippen LogP contribution in [0, 0.1) is 6.92 Å². The molecule has 0 bridgehead atoms. The van der Waals surface area contributed by atoms with Gasteiger partial charge >= 0.3 is 0 Å². The number of carbonyl (C=O) groups excluding carboxylic acids is 1. The third-order valence-electron chi connectivity index (χ3n) is 0.595. The quantitative estimate of drug-likeness (QED) is 0.502. The Morgan fingerprint density at radius 1 is 2.00 bits per heavy atom. The van der Waals surface area contributed by atoms with Crippen LogP contribution >= 0.6 is 0 Å². The number of hydrogen-bond acceptors (Lipinski definition) is 2. The molecule has 0 heterocycles. The minimum atomic E-state index is -0.485. The maximum atomic E-state index is 10.0. The molecule has 1 amide bonds. The van der Waals surface area contributed by atoms with Crippen LogP contribution in [-0.2, 0) is 4.79 Å². The molecule has 0 rings (SSSR count). The van der Waals surface area contributed by atoms with Gasteiger partial charge in [-0.3, -0.25) is 4.79 Å². The van der Waals surface area contributed by atoms with E-state index in [0.29, 0.717) is 0 Å². The molecular weight excluding hydrogens is 106 g/mol. The third-order valence-corrected chi connectivity index (χ3v) is 0.595. The predicted octanol–water partition coefficient (Wildman–Crippen LogP) is -0.683. The van der Waals surface area contributed by atoms with Gasteiger partial charge in [0.2, 0.25) is 5.91 Å². The van der Waals surface area contributed by atoms with Crippen LogP contribution in [0.1, 0.15) is 6.92 Å². The summed E-state index contributed by atoms with van der Waals surface area (Å²) in [4.78, 5) is 10.0. The molecule has 3 heteroatoms. The van der Waals surface area contributed by atoms with Gasteiger partial charge in [-0.1, -0.05) is 0 Å². The van der Waals surface area contributed by atoms with Gasteiger partial charge in [0.15, 0.2) is 0 Å². The van der Waals surface area contributed by atoms with E-state index in [2.05, 4.69) is 12.2 Å². The zero-order chi connectivity index (χ0) is 6.57. The van der Waals surface area contributed by atoms with E-state index in [1.165, 1.54) is 0 Å². The molecule has 8 heavy (non-hydrogen) atoms. The van der Waals surface area contributed by atoms with E-state index < -0.39 is 6.10 Å². The molecule has 1 radical (unpaired) electrons. The Hall–Kier alpha value is -0.570. The summed E-state index contributed by atoms with van der Waals surface area (Å²) >= 11 is 0. The number of rotatable bonds is 2. The topological polar surface area (TPSA) is 49.3 Å².